The van der Waals surface area contributed by atoms with Gasteiger partial charge in [-0.3, -0.25) is 0 Å². The first kappa shape index (κ1) is 13.6. The SMILES string of the molecule is CC(C)(C)OC(=O)N1CCCC(=CBr)CC1. The number of ether oxygens (including phenoxy) is 1. The Kier molecular flexibility index (Phi) is 4.84. The third-order valence-corrected chi connectivity index (χ3v) is 3.08. The van der Waals surface area contributed by atoms with Gasteiger partial charge < -0.3 is 9.64 Å². The number of carbonyl (C=O) groups excluding carboxylic acids is 1. The zero-order chi connectivity index (χ0) is 12.2. The van der Waals surface area contributed by atoms with Crippen molar-refractivity contribution >= 4 is 22.0 Å². The molecule has 0 aromatic rings. The van der Waals surface area contributed by atoms with Crippen LogP contribution in [0.15, 0.2) is 10.6 Å². The first-order valence-electron chi connectivity index (χ1n) is 5.68. The summed E-state index contributed by atoms with van der Waals surface area (Å²) in [5, 5.41) is 0. The van der Waals surface area contributed by atoms with Crippen molar-refractivity contribution in [3.05, 3.63) is 10.6 Å². The predicted molar refractivity (Wildman–Crippen MR) is 68.7 cm³/mol. The van der Waals surface area contributed by atoms with Gasteiger partial charge >= 0.3 is 6.09 Å². The van der Waals surface area contributed by atoms with Crippen molar-refractivity contribution in [1.82, 2.24) is 4.90 Å². The zero-order valence-electron chi connectivity index (χ0n) is 10.3. The third kappa shape index (κ3) is 4.56. The maximum atomic E-state index is 11.8. The molecule has 1 rings (SSSR count). The van der Waals surface area contributed by atoms with Gasteiger partial charge in [-0.25, -0.2) is 4.79 Å². The number of amides is 1. The van der Waals surface area contributed by atoms with Crippen LogP contribution in [0.25, 0.3) is 0 Å². The van der Waals surface area contributed by atoms with Crippen LogP contribution in [0.3, 0.4) is 0 Å². The lowest BCUT2D eigenvalue weighted by molar-refractivity contribution is 0.0258. The first-order valence-corrected chi connectivity index (χ1v) is 6.60. The van der Waals surface area contributed by atoms with E-state index in [1.165, 1.54) is 5.57 Å². The number of hydrogen-bond acceptors (Lipinski definition) is 2. The lowest BCUT2D eigenvalue weighted by Gasteiger charge is -2.26. The summed E-state index contributed by atoms with van der Waals surface area (Å²) in [5.41, 5.74) is 0.961. The quantitative estimate of drug-likeness (QED) is 0.681. The van der Waals surface area contributed by atoms with Gasteiger partial charge in [-0.2, -0.15) is 0 Å². The van der Waals surface area contributed by atoms with Gasteiger partial charge in [0.15, 0.2) is 0 Å². The Balaban J connectivity index is 2.51. The highest BCUT2D eigenvalue weighted by molar-refractivity contribution is 9.11. The molecule has 1 saturated heterocycles. The van der Waals surface area contributed by atoms with E-state index < -0.39 is 5.60 Å². The molecule has 1 amide bonds. The van der Waals surface area contributed by atoms with Gasteiger partial charge in [-0.05, 0) is 45.0 Å². The molecule has 0 bridgehead atoms. The minimum Gasteiger partial charge on any atom is -0.444 e. The van der Waals surface area contributed by atoms with Gasteiger partial charge in [0.05, 0.1) is 0 Å². The molecule has 0 atom stereocenters. The van der Waals surface area contributed by atoms with E-state index in [0.717, 1.165) is 32.4 Å². The van der Waals surface area contributed by atoms with Crippen LogP contribution in [0, 0.1) is 0 Å². The summed E-state index contributed by atoms with van der Waals surface area (Å²) in [6.07, 6.45) is 2.81. The molecule has 1 aliphatic rings. The van der Waals surface area contributed by atoms with Gasteiger partial charge in [0.2, 0.25) is 0 Å². The Morgan fingerprint density at radius 2 is 2.06 bits per heavy atom. The molecule has 3 nitrogen and oxygen atoms in total. The zero-order valence-corrected chi connectivity index (χ0v) is 11.8. The highest BCUT2D eigenvalue weighted by Gasteiger charge is 2.23. The van der Waals surface area contributed by atoms with Crippen molar-refractivity contribution in [2.24, 2.45) is 0 Å². The van der Waals surface area contributed by atoms with Crippen LogP contribution in [0.2, 0.25) is 0 Å². The Labute approximate surface area is 106 Å². The molecule has 0 spiro atoms. The van der Waals surface area contributed by atoms with Gasteiger partial charge in [0.25, 0.3) is 0 Å². The standard InChI is InChI=1S/C12H20BrNO2/c1-12(2,3)16-11(15)14-7-4-5-10(9-13)6-8-14/h9H,4-8H2,1-3H3. The Hall–Kier alpha value is -0.510. The van der Waals surface area contributed by atoms with E-state index in [9.17, 15) is 4.79 Å². The van der Waals surface area contributed by atoms with Crippen LogP contribution in [0.4, 0.5) is 4.79 Å². The monoisotopic (exact) mass is 289 g/mol. The maximum Gasteiger partial charge on any atom is 0.410 e. The van der Waals surface area contributed by atoms with Crippen molar-refractivity contribution in [2.75, 3.05) is 13.1 Å². The summed E-state index contributed by atoms with van der Waals surface area (Å²) in [6.45, 7) is 7.23. The van der Waals surface area contributed by atoms with E-state index in [4.69, 9.17) is 4.74 Å². The van der Waals surface area contributed by atoms with E-state index in [2.05, 4.69) is 15.9 Å². The fourth-order valence-corrected chi connectivity index (χ4v) is 2.09. The van der Waals surface area contributed by atoms with Crippen molar-refractivity contribution in [2.45, 2.75) is 45.6 Å². The molecule has 0 unspecified atom stereocenters. The molecule has 0 N–H and O–H groups in total. The second kappa shape index (κ2) is 5.71. The van der Waals surface area contributed by atoms with Crippen molar-refractivity contribution in [3.8, 4) is 0 Å². The summed E-state index contributed by atoms with van der Waals surface area (Å²) < 4.78 is 5.36. The number of carbonyl (C=O) groups is 1. The topological polar surface area (TPSA) is 29.5 Å². The highest BCUT2D eigenvalue weighted by Crippen LogP contribution is 2.19. The normalized spacial score (nSPS) is 20.8. The summed E-state index contributed by atoms with van der Waals surface area (Å²) in [4.78, 5) is 15.6. The van der Waals surface area contributed by atoms with Gasteiger partial charge in [-0.1, -0.05) is 21.5 Å². The Morgan fingerprint density at radius 3 is 2.62 bits per heavy atom. The second-order valence-electron chi connectivity index (χ2n) is 5.09. The molecule has 92 valence electrons. The maximum absolute atomic E-state index is 11.8. The lowest BCUT2D eigenvalue weighted by Crippen LogP contribution is -2.37. The smallest absolute Gasteiger partial charge is 0.410 e. The largest absolute Gasteiger partial charge is 0.444 e. The molecule has 16 heavy (non-hydrogen) atoms. The summed E-state index contributed by atoms with van der Waals surface area (Å²) in [7, 11) is 0. The molecule has 1 aliphatic heterocycles. The van der Waals surface area contributed by atoms with Crippen LogP contribution in [-0.2, 0) is 4.74 Å². The molecule has 4 heteroatoms. The van der Waals surface area contributed by atoms with Crippen molar-refractivity contribution < 1.29 is 9.53 Å². The van der Waals surface area contributed by atoms with E-state index in [1.54, 1.807) is 4.90 Å². The van der Waals surface area contributed by atoms with Crippen molar-refractivity contribution in [3.63, 3.8) is 0 Å². The lowest BCUT2D eigenvalue weighted by atomic mass is 10.1. The van der Waals surface area contributed by atoms with Crippen molar-refractivity contribution in [1.29, 1.82) is 0 Å². The predicted octanol–water partition coefficient (Wildman–Crippen LogP) is 3.69. The molecule has 0 aliphatic carbocycles. The molecule has 0 aromatic carbocycles. The summed E-state index contributed by atoms with van der Waals surface area (Å²) in [5.74, 6) is 0. The van der Waals surface area contributed by atoms with E-state index in [0.29, 0.717) is 0 Å². The highest BCUT2D eigenvalue weighted by atomic mass is 79.9. The van der Waals surface area contributed by atoms with Crippen LogP contribution < -0.4 is 0 Å². The Bertz CT molecular complexity index is 281. The van der Waals surface area contributed by atoms with E-state index in [-0.39, 0.29) is 6.09 Å². The van der Waals surface area contributed by atoms with Gasteiger partial charge in [0, 0.05) is 13.1 Å². The fourth-order valence-electron chi connectivity index (χ4n) is 1.63. The summed E-state index contributed by atoms with van der Waals surface area (Å²) in [6, 6.07) is 0. The Morgan fingerprint density at radius 1 is 1.38 bits per heavy atom. The first-order chi connectivity index (χ1) is 7.42. The van der Waals surface area contributed by atoms with Crippen LogP contribution in [0.1, 0.15) is 40.0 Å². The molecule has 0 aromatic heterocycles. The number of hydrogen-bond donors (Lipinski definition) is 0. The van der Waals surface area contributed by atoms with Crippen LogP contribution in [0.5, 0.6) is 0 Å². The van der Waals surface area contributed by atoms with Gasteiger partial charge in [0.1, 0.15) is 5.60 Å². The van der Waals surface area contributed by atoms with Crippen LogP contribution >= 0.6 is 15.9 Å². The molecule has 1 heterocycles. The molecule has 0 radical (unpaired) electrons. The van der Waals surface area contributed by atoms with Crippen LogP contribution in [-0.4, -0.2) is 29.7 Å². The van der Waals surface area contributed by atoms with E-state index >= 15 is 0 Å². The van der Waals surface area contributed by atoms with Gasteiger partial charge in [-0.15, -0.1) is 0 Å². The number of nitrogens with zero attached hydrogens (tertiary/aromatic N) is 1. The second-order valence-corrected chi connectivity index (χ2v) is 5.55. The minimum atomic E-state index is -0.405. The minimum absolute atomic E-state index is 0.191. The molecule has 1 fully saturated rings. The molecule has 0 saturated carbocycles. The average molecular weight is 290 g/mol. The number of halogens is 1. The number of likely N-dealkylation sites (tertiary alicyclic amines) is 1. The molecular weight excluding hydrogens is 270 g/mol. The average Bonchev–Trinajstić information content (AvgIpc) is 2.39. The fraction of sp³-hybridized carbons (Fsp3) is 0.750. The number of rotatable bonds is 0. The molecular formula is C12H20BrNO2. The third-order valence-electron chi connectivity index (χ3n) is 2.43. The van der Waals surface area contributed by atoms with E-state index in [1.807, 2.05) is 25.8 Å². The summed E-state index contributed by atoms with van der Waals surface area (Å²) >= 11 is 3.35.